The molecule has 3 N–H and O–H groups in total. The van der Waals surface area contributed by atoms with Gasteiger partial charge in [-0.25, -0.2) is 13.1 Å². The number of nitrogens with one attached hydrogen (secondary N) is 1. The number of anilines is 1. The lowest BCUT2D eigenvalue weighted by molar-refractivity contribution is 0.162. The minimum absolute atomic E-state index is 0.00199. The van der Waals surface area contributed by atoms with E-state index in [1.165, 1.54) is 12.1 Å². The van der Waals surface area contributed by atoms with E-state index in [0.717, 1.165) is 5.57 Å². The number of nitrogen functional groups attached to an aromatic ring is 1. The minimum atomic E-state index is -3.81. The molecule has 0 atom stereocenters. The van der Waals surface area contributed by atoms with Crippen molar-refractivity contribution in [1.82, 2.24) is 4.72 Å². The van der Waals surface area contributed by atoms with Crippen molar-refractivity contribution >= 4 is 38.9 Å². The van der Waals surface area contributed by atoms with Crippen LogP contribution in [0.3, 0.4) is 0 Å². The second-order valence-electron chi connectivity index (χ2n) is 4.21. The summed E-state index contributed by atoms with van der Waals surface area (Å²) in [5, 5.41) is 0.251. The zero-order valence-corrected chi connectivity index (χ0v) is 13.3. The Bertz CT molecular complexity index is 580. The van der Waals surface area contributed by atoms with E-state index in [-0.39, 0.29) is 33.8 Å². The molecule has 1 rings (SSSR count). The number of hydrogen-bond acceptors (Lipinski definition) is 4. The number of rotatable bonds is 7. The predicted octanol–water partition coefficient (Wildman–Crippen LogP) is 2.45. The van der Waals surface area contributed by atoms with E-state index in [1.807, 2.05) is 6.92 Å². The molecule has 0 saturated carbocycles. The SMILES string of the molecule is C=C(C)COCCNS(=O)(=O)c1c(N)cc(Cl)cc1Cl. The summed E-state index contributed by atoms with van der Waals surface area (Å²) in [6, 6.07) is 2.66. The lowest BCUT2D eigenvalue weighted by atomic mass is 10.3. The maximum absolute atomic E-state index is 12.1. The molecule has 0 aliphatic heterocycles. The summed E-state index contributed by atoms with van der Waals surface area (Å²) in [6.45, 7) is 6.19. The third-order valence-electron chi connectivity index (χ3n) is 2.19. The van der Waals surface area contributed by atoms with Gasteiger partial charge in [-0.1, -0.05) is 35.4 Å². The molecule has 8 heteroatoms. The second-order valence-corrected chi connectivity index (χ2v) is 6.76. The Hall–Kier alpha value is -0.790. The van der Waals surface area contributed by atoms with Gasteiger partial charge in [0, 0.05) is 11.6 Å². The van der Waals surface area contributed by atoms with Crippen LogP contribution in [-0.4, -0.2) is 28.2 Å². The maximum Gasteiger partial charge on any atom is 0.244 e. The quantitative estimate of drug-likeness (QED) is 0.454. The molecule has 0 amide bonds. The summed E-state index contributed by atoms with van der Waals surface area (Å²) in [6.07, 6.45) is 0. The summed E-state index contributed by atoms with van der Waals surface area (Å²) in [5.41, 5.74) is 6.50. The molecule has 112 valence electrons. The molecule has 0 aliphatic carbocycles. The van der Waals surface area contributed by atoms with Crippen LogP contribution in [0.4, 0.5) is 5.69 Å². The fourth-order valence-electron chi connectivity index (χ4n) is 1.43. The maximum atomic E-state index is 12.1. The molecule has 5 nitrogen and oxygen atoms in total. The normalized spacial score (nSPS) is 11.6. The summed E-state index contributed by atoms with van der Waals surface area (Å²) in [4.78, 5) is -0.177. The molecule has 0 fully saturated rings. The van der Waals surface area contributed by atoms with Crippen LogP contribution in [0, 0.1) is 0 Å². The van der Waals surface area contributed by atoms with Gasteiger partial charge in [0.1, 0.15) is 4.90 Å². The van der Waals surface area contributed by atoms with Gasteiger partial charge in [-0.05, 0) is 19.1 Å². The van der Waals surface area contributed by atoms with E-state index >= 15 is 0 Å². The van der Waals surface area contributed by atoms with Crippen molar-refractivity contribution in [1.29, 1.82) is 0 Å². The van der Waals surface area contributed by atoms with Crippen molar-refractivity contribution in [2.45, 2.75) is 11.8 Å². The largest absolute Gasteiger partial charge is 0.398 e. The van der Waals surface area contributed by atoms with Crippen molar-refractivity contribution in [2.75, 3.05) is 25.5 Å². The first-order valence-electron chi connectivity index (χ1n) is 5.70. The number of benzene rings is 1. The fourth-order valence-corrected chi connectivity index (χ4v) is 3.43. The van der Waals surface area contributed by atoms with Crippen LogP contribution in [0.25, 0.3) is 0 Å². The Morgan fingerprint density at radius 2 is 2.10 bits per heavy atom. The molecule has 0 bridgehead atoms. The highest BCUT2D eigenvalue weighted by molar-refractivity contribution is 7.89. The van der Waals surface area contributed by atoms with Crippen LogP contribution in [0.5, 0.6) is 0 Å². The smallest absolute Gasteiger partial charge is 0.244 e. The monoisotopic (exact) mass is 338 g/mol. The second kappa shape index (κ2) is 7.28. The first-order valence-corrected chi connectivity index (χ1v) is 7.94. The first kappa shape index (κ1) is 17.3. The number of nitrogens with two attached hydrogens (primary N) is 1. The summed E-state index contributed by atoms with van der Waals surface area (Å²) in [7, 11) is -3.81. The van der Waals surface area contributed by atoms with Gasteiger partial charge in [0.2, 0.25) is 10.0 Å². The average Bonchev–Trinajstić information content (AvgIpc) is 2.25. The zero-order valence-electron chi connectivity index (χ0n) is 10.9. The van der Waals surface area contributed by atoms with E-state index < -0.39 is 10.0 Å². The molecule has 0 aromatic heterocycles. The molecular weight excluding hydrogens is 323 g/mol. The zero-order chi connectivity index (χ0) is 15.3. The third-order valence-corrected chi connectivity index (χ3v) is 4.40. The van der Waals surface area contributed by atoms with Crippen LogP contribution in [-0.2, 0) is 14.8 Å². The molecule has 0 aliphatic rings. The van der Waals surface area contributed by atoms with Crippen molar-refractivity contribution in [3.63, 3.8) is 0 Å². The predicted molar refractivity (Wildman–Crippen MR) is 81.7 cm³/mol. The lowest BCUT2D eigenvalue weighted by Gasteiger charge is -2.11. The van der Waals surface area contributed by atoms with Gasteiger partial charge in [-0.15, -0.1) is 0 Å². The first-order chi connectivity index (χ1) is 9.24. The van der Waals surface area contributed by atoms with Gasteiger partial charge in [-0.2, -0.15) is 0 Å². The topological polar surface area (TPSA) is 81.4 Å². The molecule has 0 heterocycles. The van der Waals surface area contributed by atoms with Crippen molar-refractivity contribution in [3.8, 4) is 0 Å². The minimum Gasteiger partial charge on any atom is -0.398 e. The van der Waals surface area contributed by atoms with Gasteiger partial charge >= 0.3 is 0 Å². The Morgan fingerprint density at radius 3 is 2.65 bits per heavy atom. The summed E-state index contributed by atoms with van der Waals surface area (Å²) >= 11 is 11.6. The Labute approximate surface area is 128 Å². The Morgan fingerprint density at radius 1 is 1.45 bits per heavy atom. The van der Waals surface area contributed by atoms with Crippen molar-refractivity contribution in [3.05, 3.63) is 34.3 Å². The Kier molecular flexibility index (Phi) is 6.29. The standard InChI is InChI=1S/C12H16Cl2N2O3S/c1-8(2)7-19-4-3-16-20(17,18)12-10(14)5-9(13)6-11(12)15/h5-6,16H,1,3-4,7,15H2,2H3. The van der Waals surface area contributed by atoms with Crippen LogP contribution < -0.4 is 10.5 Å². The van der Waals surface area contributed by atoms with E-state index in [2.05, 4.69) is 11.3 Å². The van der Waals surface area contributed by atoms with Gasteiger partial charge in [0.15, 0.2) is 0 Å². The molecule has 0 saturated heterocycles. The fraction of sp³-hybridized carbons (Fsp3) is 0.333. The highest BCUT2D eigenvalue weighted by atomic mass is 35.5. The van der Waals surface area contributed by atoms with Crippen LogP contribution in [0.15, 0.2) is 29.2 Å². The lowest BCUT2D eigenvalue weighted by Crippen LogP contribution is -2.28. The third kappa shape index (κ3) is 4.96. The van der Waals surface area contributed by atoms with E-state index in [1.54, 1.807) is 0 Å². The molecule has 1 aromatic carbocycles. The molecule has 20 heavy (non-hydrogen) atoms. The number of halogens is 2. The number of ether oxygens (including phenoxy) is 1. The highest BCUT2D eigenvalue weighted by Gasteiger charge is 2.21. The van der Waals surface area contributed by atoms with Gasteiger partial charge in [0.25, 0.3) is 0 Å². The molecule has 0 unspecified atom stereocenters. The van der Waals surface area contributed by atoms with Crippen molar-refractivity contribution < 1.29 is 13.2 Å². The average molecular weight is 339 g/mol. The van der Waals surface area contributed by atoms with E-state index in [9.17, 15) is 8.42 Å². The molecule has 0 spiro atoms. The van der Waals surface area contributed by atoms with Crippen LogP contribution >= 0.6 is 23.2 Å². The molecule has 1 aromatic rings. The van der Waals surface area contributed by atoms with Crippen molar-refractivity contribution in [2.24, 2.45) is 0 Å². The number of hydrogen-bond donors (Lipinski definition) is 2. The van der Waals surface area contributed by atoms with Crippen LogP contribution in [0.1, 0.15) is 6.92 Å². The number of sulfonamides is 1. The molecular formula is C12H16Cl2N2O3S. The van der Waals surface area contributed by atoms with Gasteiger partial charge in [-0.3, -0.25) is 0 Å². The van der Waals surface area contributed by atoms with Gasteiger partial charge < -0.3 is 10.5 Å². The van der Waals surface area contributed by atoms with E-state index in [0.29, 0.717) is 6.61 Å². The van der Waals surface area contributed by atoms with E-state index in [4.69, 9.17) is 33.7 Å². The van der Waals surface area contributed by atoms with Crippen LogP contribution in [0.2, 0.25) is 10.0 Å². The van der Waals surface area contributed by atoms with Gasteiger partial charge in [0.05, 0.1) is 23.9 Å². The summed E-state index contributed by atoms with van der Waals surface area (Å²) < 4.78 is 31.7. The molecule has 0 radical (unpaired) electrons. The Balaban J connectivity index is 2.73. The highest BCUT2D eigenvalue weighted by Crippen LogP contribution is 2.30. The summed E-state index contributed by atoms with van der Waals surface area (Å²) in [5.74, 6) is 0.